The number of urea groups is 1. The lowest BCUT2D eigenvalue weighted by molar-refractivity contribution is -0.162. The lowest BCUT2D eigenvalue weighted by atomic mass is 9.93. The first-order valence-electron chi connectivity index (χ1n) is 9.40. The van der Waals surface area contributed by atoms with E-state index in [-0.39, 0.29) is 24.8 Å². The van der Waals surface area contributed by atoms with E-state index in [9.17, 15) is 18.4 Å². The second-order valence-electron chi connectivity index (χ2n) is 7.60. The molecule has 5 nitrogen and oxygen atoms in total. The number of benzene rings is 1. The van der Waals surface area contributed by atoms with Gasteiger partial charge in [-0.2, -0.15) is 0 Å². The quantitative estimate of drug-likeness (QED) is 0.569. The molecule has 7 heteroatoms. The Morgan fingerprint density at radius 2 is 1.86 bits per heavy atom. The molecule has 2 saturated heterocycles. The molecule has 1 spiro atoms. The third-order valence-electron chi connectivity index (χ3n) is 5.31. The minimum absolute atomic E-state index is 0.0326. The Morgan fingerprint density at radius 1 is 1.17 bits per heavy atom. The van der Waals surface area contributed by atoms with E-state index in [1.165, 1.54) is 4.90 Å². The Morgan fingerprint density at radius 3 is 2.38 bits per heavy atom. The molecule has 150 valence electrons. The van der Waals surface area contributed by atoms with Crippen LogP contribution in [-0.4, -0.2) is 58.7 Å². The highest BCUT2D eigenvalue weighted by Gasteiger charge is 2.65. The Kier molecular flexibility index (Phi) is 4.75. The number of halogens is 2. The SMILES string of the molecule is CC(C)N1C(=O)N(C2C(F)=CC(C#Cc3ccccc3)=CC2F)C(=O)C12COC2. The Labute approximate surface area is 167 Å². The molecule has 1 aromatic carbocycles. The summed E-state index contributed by atoms with van der Waals surface area (Å²) in [5.74, 6) is 4.05. The highest BCUT2D eigenvalue weighted by Crippen LogP contribution is 2.40. The molecular weight excluding hydrogens is 378 g/mol. The highest BCUT2D eigenvalue weighted by molar-refractivity contribution is 6.08. The van der Waals surface area contributed by atoms with Crippen LogP contribution in [0.2, 0.25) is 0 Å². The standard InChI is InChI=1S/C22H20F2N2O3/c1-14(2)26-21(28)25(20(27)22(26)12-29-13-22)19-17(23)10-16(11-18(19)24)9-8-15-6-4-3-5-7-15/h3-7,10-11,14,17,19H,12-13H2,1-2H3. The molecule has 29 heavy (non-hydrogen) atoms. The molecule has 0 bridgehead atoms. The van der Waals surface area contributed by atoms with E-state index >= 15 is 0 Å². The van der Waals surface area contributed by atoms with Crippen molar-refractivity contribution in [3.63, 3.8) is 0 Å². The van der Waals surface area contributed by atoms with Crippen molar-refractivity contribution in [2.75, 3.05) is 13.2 Å². The fourth-order valence-electron chi connectivity index (χ4n) is 3.94. The van der Waals surface area contributed by atoms with Gasteiger partial charge in [-0.3, -0.25) is 4.79 Å². The van der Waals surface area contributed by atoms with Crippen LogP contribution in [0.4, 0.5) is 13.6 Å². The topological polar surface area (TPSA) is 49.9 Å². The fraction of sp³-hybridized carbons (Fsp3) is 0.364. The number of allylic oxidation sites excluding steroid dienone is 2. The molecule has 0 N–H and O–H groups in total. The van der Waals surface area contributed by atoms with E-state index in [0.717, 1.165) is 12.2 Å². The normalized spacial score (nSPS) is 25.6. The first kappa shape index (κ1) is 19.3. The molecule has 1 aliphatic carbocycles. The summed E-state index contributed by atoms with van der Waals surface area (Å²) in [6.07, 6.45) is 0.337. The lowest BCUT2D eigenvalue weighted by Gasteiger charge is -2.43. The molecule has 3 amide bonds. The first-order chi connectivity index (χ1) is 13.8. The highest BCUT2D eigenvalue weighted by atomic mass is 19.1. The molecular formula is C22H20F2N2O3. The number of nitrogens with zero attached hydrogens (tertiary/aromatic N) is 2. The predicted molar refractivity (Wildman–Crippen MR) is 102 cm³/mol. The molecule has 4 rings (SSSR count). The van der Waals surface area contributed by atoms with Gasteiger partial charge in [0.25, 0.3) is 5.91 Å². The van der Waals surface area contributed by atoms with Crippen LogP contribution in [-0.2, 0) is 9.53 Å². The first-order valence-corrected chi connectivity index (χ1v) is 9.40. The van der Waals surface area contributed by atoms with E-state index < -0.39 is 35.5 Å². The third kappa shape index (κ3) is 3.04. The molecule has 2 atom stereocenters. The minimum atomic E-state index is -1.89. The molecule has 2 heterocycles. The molecule has 2 fully saturated rings. The average Bonchev–Trinajstić information content (AvgIpc) is 2.88. The van der Waals surface area contributed by atoms with Crippen molar-refractivity contribution in [3.8, 4) is 11.8 Å². The van der Waals surface area contributed by atoms with Gasteiger partial charge in [0, 0.05) is 17.2 Å². The van der Waals surface area contributed by atoms with E-state index in [2.05, 4.69) is 11.8 Å². The van der Waals surface area contributed by atoms with Gasteiger partial charge in [-0.15, -0.1) is 0 Å². The van der Waals surface area contributed by atoms with Crippen LogP contribution in [0, 0.1) is 11.8 Å². The largest absolute Gasteiger partial charge is 0.375 e. The number of hydrogen-bond acceptors (Lipinski definition) is 3. The maximum Gasteiger partial charge on any atom is 0.328 e. The van der Waals surface area contributed by atoms with Gasteiger partial charge in [0.2, 0.25) is 0 Å². The number of amides is 3. The van der Waals surface area contributed by atoms with Crippen molar-refractivity contribution >= 4 is 11.9 Å². The van der Waals surface area contributed by atoms with Gasteiger partial charge in [0.1, 0.15) is 18.0 Å². The van der Waals surface area contributed by atoms with E-state index in [4.69, 9.17) is 4.74 Å². The number of rotatable bonds is 2. The maximum absolute atomic E-state index is 15.0. The van der Waals surface area contributed by atoms with E-state index in [1.807, 2.05) is 18.2 Å². The number of imide groups is 1. The van der Waals surface area contributed by atoms with Gasteiger partial charge >= 0.3 is 6.03 Å². The Bertz CT molecular complexity index is 971. The number of ether oxygens (including phenoxy) is 1. The third-order valence-corrected chi connectivity index (χ3v) is 5.31. The van der Waals surface area contributed by atoms with Crippen molar-refractivity contribution < 1.29 is 23.1 Å². The summed E-state index contributed by atoms with van der Waals surface area (Å²) in [7, 11) is 0. The van der Waals surface area contributed by atoms with Gasteiger partial charge < -0.3 is 9.64 Å². The summed E-state index contributed by atoms with van der Waals surface area (Å²) in [6.45, 7) is 3.58. The average molecular weight is 398 g/mol. The zero-order valence-corrected chi connectivity index (χ0v) is 16.1. The van der Waals surface area contributed by atoms with Crippen LogP contribution >= 0.6 is 0 Å². The summed E-state index contributed by atoms with van der Waals surface area (Å²) >= 11 is 0. The van der Waals surface area contributed by atoms with Crippen LogP contribution in [0.1, 0.15) is 19.4 Å². The molecule has 0 aromatic heterocycles. The number of carbonyl (C=O) groups is 2. The molecule has 3 aliphatic rings. The number of carbonyl (C=O) groups excluding carboxylic acids is 2. The summed E-state index contributed by atoms with van der Waals surface area (Å²) in [6, 6.07) is 6.41. The monoisotopic (exact) mass is 398 g/mol. The zero-order valence-electron chi connectivity index (χ0n) is 16.1. The van der Waals surface area contributed by atoms with Gasteiger partial charge in [-0.05, 0) is 38.1 Å². The summed E-state index contributed by atoms with van der Waals surface area (Å²) < 4.78 is 35.0. The van der Waals surface area contributed by atoms with Gasteiger partial charge in [0.05, 0.1) is 13.2 Å². The van der Waals surface area contributed by atoms with Gasteiger partial charge in [-0.1, -0.05) is 30.0 Å². The summed E-state index contributed by atoms with van der Waals surface area (Å²) in [5, 5.41) is 0. The van der Waals surface area contributed by atoms with Gasteiger partial charge in [-0.25, -0.2) is 18.5 Å². The smallest absolute Gasteiger partial charge is 0.328 e. The summed E-state index contributed by atoms with van der Waals surface area (Å²) in [5.41, 5.74) is -0.289. The van der Waals surface area contributed by atoms with Crippen LogP contribution in [0.5, 0.6) is 0 Å². The Balaban J connectivity index is 1.62. The van der Waals surface area contributed by atoms with Crippen LogP contribution < -0.4 is 0 Å². The van der Waals surface area contributed by atoms with Crippen molar-refractivity contribution in [1.29, 1.82) is 0 Å². The molecule has 0 saturated carbocycles. The number of alkyl halides is 1. The van der Waals surface area contributed by atoms with E-state index in [1.54, 1.807) is 26.0 Å². The molecule has 2 unspecified atom stereocenters. The fourth-order valence-corrected chi connectivity index (χ4v) is 3.94. The van der Waals surface area contributed by atoms with Crippen LogP contribution in [0.25, 0.3) is 0 Å². The second-order valence-corrected chi connectivity index (χ2v) is 7.60. The second kappa shape index (κ2) is 7.12. The zero-order chi connectivity index (χ0) is 20.8. The van der Waals surface area contributed by atoms with Crippen molar-refractivity contribution in [1.82, 2.24) is 9.80 Å². The predicted octanol–water partition coefficient (Wildman–Crippen LogP) is 2.98. The van der Waals surface area contributed by atoms with Crippen molar-refractivity contribution in [2.24, 2.45) is 0 Å². The summed E-state index contributed by atoms with van der Waals surface area (Å²) in [4.78, 5) is 28.0. The number of hydrogen-bond donors (Lipinski definition) is 0. The molecule has 1 aromatic rings. The van der Waals surface area contributed by atoms with Crippen molar-refractivity contribution in [3.05, 3.63) is 59.4 Å². The van der Waals surface area contributed by atoms with Crippen LogP contribution in [0.3, 0.4) is 0 Å². The lowest BCUT2D eigenvalue weighted by Crippen LogP contribution is -2.65. The molecule has 2 aliphatic heterocycles. The minimum Gasteiger partial charge on any atom is -0.375 e. The molecule has 0 radical (unpaired) electrons. The van der Waals surface area contributed by atoms with Crippen LogP contribution in [0.15, 0.2) is 53.9 Å². The van der Waals surface area contributed by atoms with Crippen molar-refractivity contribution in [2.45, 2.75) is 37.6 Å². The van der Waals surface area contributed by atoms with Gasteiger partial charge in [0.15, 0.2) is 5.54 Å². The Hall–Kier alpha value is -2.98. The maximum atomic E-state index is 15.0. The van der Waals surface area contributed by atoms with E-state index in [0.29, 0.717) is 10.5 Å².